The van der Waals surface area contributed by atoms with Crippen LogP contribution >= 0.6 is 0 Å². The van der Waals surface area contributed by atoms with Gasteiger partial charge in [-0.25, -0.2) is 8.42 Å². The lowest BCUT2D eigenvalue weighted by Gasteiger charge is -2.30. The van der Waals surface area contributed by atoms with E-state index in [0.717, 1.165) is 0 Å². The van der Waals surface area contributed by atoms with Crippen LogP contribution in [0.1, 0.15) is 6.92 Å². The predicted molar refractivity (Wildman–Crippen MR) is 84.0 cm³/mol. The van der Waals surface area contributed by atoms with E-state index in [1.165, 1.54) is 21.4 Å². The molecule has 0 saturated carbocycles. The van der Waals surface area contributed by atoms with Crippen LogP contribution in [0, 0.1) is 0 Å². The minimum atomic E-state index is -3.59. The topological polar surface area (TPSA) is 73.7 Å². The molecular weight excluding hydrogens is 318 g/mol. The third-order valence-corrected chi connectivity index (χ3v) is 5.54. The van der Waals surface area contributed by atoms with E-state index in [1.807, 2.05) is 24.3 Å². The van der Waals surface area contributed by atoms with Crippen molar-refractivity contribution in [1.29, 1.82) is 0 Å². The van der Waals surface area contributed by atoms with E-state index >= 15 is 0 Å². The first-order valence-corrected chi connectivity index (χ1v) is 8.82. The highest BCUT2D eigenvalue weighted by molar-refractivity contribution is 7.89. The van der Waals surface area contributed by atoms with Crippen molar-refractivity contribution in [2.75, 3.05) is 19.7 Å². The summed E-state index contributed by atoms with van der Waals surface area (Å²) in [6.07, 6.45) is 2.49. The van der Waals surface area contributed by atoms with Crippen LogP contribution in [-0.2, 0) is 17.1 Å². The molecule has 0 amide bonds. The van der Waals surface area contributed by atoms with Crippen molar-refractivity contribution in [3.05, 3.63) is 36.7 Å². The van der Waals surface area contributed by atoms with Crippen LogP contribution in [0.4, 0.5) is 0 Å². The van der Waals surface area contributed by atoms with Crippen LogP contribution in [0.5, 0.6) is 11.5 Å². The second kappa shape index (κ2) is 6.21. The van der Waals surface area contributed by atoms with Gasteiger partial charge in [0.1, 0.15) is 17.6 Å². The van der Waals surface area contributed by atoms with E-state index < -0.39 is 10.0 Å². The van der Waals surface area contributed by atoms with Crippen molar-refractivity contribution >= 4 is 10.0 Å². The molecule has 0 unspecified atom stereocenters. The molecule has 1 aliphatic heterocycles. The number of sulfonamides is 1. The minimum absolute atomic E-state index is 0.180. The monoisotopic (exact) mass is 337 g/mol. The number of hydrogen-bond acceptors (Lipinski definition) is 5. The van der Waals surface area contributed by atoms with Gasteiger partial charge in [-0.05, 0) is 12.1 Å². The van der Waals surface area contributed by atoms with Gasteiger partial charge in [-0.15, -0.1) is 0 Å². The minimum Gasteiger partial charge on any atom is -0.486 e. The molecule has 1 aliphatic rings. The molecule has 2 aromatic rings. The number of para-hydroxylation sites is 2. The fraction of sp³-hybridized carbons (Fsp3) is 0.400. The predicted octanol–water partition coefficient (Wildman–Crippen LogP) is 1.27. The number of aryl methyl sites for hydroxylation is 1. The Balaban J connectivity index is 1.76. The van der Waals surface area contributed by atoms with E-state index in [9.17, 15) is 8.42 Å². The number of aromatic nitrogens is 2. The van der Waals surface area contributed by atoms with Gasteiger partial charge in [-0.2, -0.15) is 9.40 Å². The fourth-order valence-electron chi connectivity index (χ4n) is 2.46. The summed E-state index contributed by atoms with van der Waals surface area (Å²) >= 11 is 0. The highest BCUT2D eigenvalue weighted by atomic mass is 32.2. The van der Waals surface area contributed by atoms with Crippen molar-refractivity contribution in [1.82, 2.24) is 14.1 Å². The lowest BCUT2D eigenvalue weighted by atomic mass is 10.2. The van der Waals surface area contributed by atoms with Gasteiger partial charge in [0, 0.05) is 19.8 Å². The summed E-state index contributed by atoms with van der Waals surface area (Å²) in [5, 5.41) is 3.93. The zero-order valence-electron chi connectivity index (χ0n) is 13.0. The van der Waals surface area contributed by atoms with Crippen LogP contribution in [0.25, 0.3) is 0 Å². The summed E-state index contributed by atoms with van der Waals surface area (Å²) in [5.74, 6) is 1.32. The Morgan fingerprint density at radius 1 is 1.35 bits per heavy atom. The van der Waals surface area contributed by atoms with Crippen molar-refractivity contribution in [2.24, 2.45) is 7.05 Å². The largest absolute Gasteiger partial charge is 0.486 e. The quantitative estimate of drug-likeness (QED) is 0.821. The highest BCUT2D eigenvalue weighted by Gasteiger charge is 2.30. The maximum Gasteiger partial charge on any atom is 0.246 e. The third-order valence-electron chi connectivity index (χ3n) is 3.65. The van der Waals surface area contributed by atoms with Crippen molar-refractivity contribution in [3.8, 4) is 11.5 Å². The van der Waals surface area contributed by atoms with Gasteiger partial charge in [0.25, 0.3) is 0 Å². The summed E-state index contributed by atoms with van der Waals surface area (Å²) in [6, 6.07) is 7.37. The molecule has 0 aliphatic carbocycles. The SMILES string of the molecule is CCN(C[C@@H]1COc2ccccc2O1)S(=O)(=O)c1cnn(C)c1. The van der Waals surface area contributed by atoms with Crippen LogP contribution in [0.2, 0.25) is 0 Å². The number of hydrogen-bond donors (Lipinski definition) is 0. The summed E-state index contributed by atoms with van der Waals surface area (Å²) < 4.78 is 39.7. The van der Waals surface area contributed by atoms with E-state index in [2.05, 4.69) is 5.10 Å². The standard InChI is InChI=1S/C15H19N3O4S/c1-3-18(23(19,20)13-8-16-17(2)10-13)9-12-11-21-14-6-4-5-7-15(14)22-12/h4-8,10,12H,3,9,11H2,1-2H3/t12-/m1/s1. The van der Waals surface area contributed by atoms with Gasteiger partial charge in [-0.1, -0.05) is 19.1 Å². The Labute approximate surface area is 135 Å². The first-order valence-electron chi connectivity index (χ1n) is 7.38. The molecule has 3 rings (SSSR count). The number of fused-ring (bicyclic) bond motifs is 1. The Bertz CT molecular complexity index is 788. The summed E-state index contributed by atoms with van der Waals surface area (Å²) in [5.41, 5.74) is 0. The average molecular weight is 337 g/mol. The van der Waals surface area contributed by atoms with Gasteiger partial charge in [-0.3, -0.25) is 4.68 Å². The Morgan fingerprint density at radius 2 is 2.09 bits per heavy atom. The number of benzene rings is 1. The molecule has 0 fully saturated rings. The zero-order valence-corrected chi connectivity index (χ0v) is 13.9. The van der Waals surface area contributed by atoms with Crippen LogP contribution < -0.4 is 9.47 Å². The van der Waals surface area contributed by atoms with Gasteiger partial charge < -0.3 is 9.47 Å². The lowest BCUT2D eigenvalue weighted by Crippen LogP contribution is -2.43. The van der Waals surface area contributed by atoms with Crippen molar-refractivity contribution < 1.29 is 17.9 Å². The molecule has 0 radical (unpaired) electrons. The van der Waals surface area contributed by atoms with E-state index in [-0.39, 0.29) is 17.5 Å². The molecule has 0 saturated heterocycles. The molecular formula is C15H19N3O4S. The molecule has 8 heteroatoms. The second-order valence-electron chi connectivity index (χ2n) is 5.30. The van der Waals surface area contributed by atoms with Gasteiger partial charge in [0.05, 0.1) is 12.7 Å². The van der Waals surface area contributed by atoms with E-state index in [4.69, 9.17) is 9.47 Å². The molecule has 124 valence electrons. The normalized spacial score (nSPS) is 17.4. The zero-order chi connectivity index (χ0) is 16.4. The van der Waals surface area contributed by atoms with Gasteiger partial charge in [0.2, 0.25) is 10.0 Å². The molecule has 23 heavy (non-hydrogen) atoms. The molecule has 2 heterocycles. The first-order chi connectivity index (χ1) is 11.0. The van der Waals surface area contributed by atoms with Crippen LogP contribution in [0.3, 0.4) is 0 Å². The van der Waals surface area contributed by atoms with Gasteiger partial charge in [0.15, 0.2) is 11.5 Å². The van der Waals surface area contributed by atoms with E-state index in [0.29, 0.717) is 24.7 Å². The summed E-state index contributed by atoms with van der Waals surface area (Å²) in [6.45, 7) is 2.68. The molecule has 0 spiro atoms. The molecule has 7 nitrogen and oxygen atoms in total. The summed E-state index contributed by atoms with van der Waals surface area (Å²) in [7, 11) is -1.91. The van der Waals surface area contributed by atoms with Crippen molar-refractivity contribution in [3.63, 3.8) is 0 Å². The highest BCUT2D eigenvalue weighted by Crippen LogP contribution is 2.31. The Hall–Kier alpha value is -2.06. The third kappa shape index (κ3) is 3.18. The fourth-order valence-corrected chi connectivity index (χ4v) is 3.93. The molecule has 1 aromatic carbocycles. The van der Waals surface area contributed by atoms with E-state index in [1.54, 1.807) is 14.0 Å². The maximum absolute atomic E-state index is 12.7. The smallest absolute Gasteiger partial charge is 0.246 e. The summed E-state index contributed by atoms with van der Waals surface area (Å²) in [4.78, 5) is 0.180. The Kier molecular flexibility index (Phi) is 4.27. The number of rotatable bonds is 5. The average Bonchev–Trinajstić information content (AvgIpc) is 2.99. The molecule has 1 aromatic heterocycles. The van der Waals surface area contributed by atoms with Crippen LogP contribution in [-0.4, -0.2) is 48.3 Å². The number of likely N-dealkylation sites (N-methyl/N-ethyl adjacent to an activating group) is 1. The van der Waals surface area contributed by atoms with Crippen LogP contribution in [0.15, 0.2) is 41.6 Å². The first kappa shape index (κ1) is 15.8. The van der Waals surface area contributed by atoms with Crippen molar-refractivity contribution in [2.45, 2.75) is 17.9 Å². The number of nitrogens with zero attached hydrogens (tertiary/aromatic N) is 3. The second-order valence-corrected chi connectivity index (χ2v) is 7.24. The molecule has 0 bridgehead atoms. The van der Waals surface area contributed by atoms with Gasteiger partial charge >= 0.3 is 0 Å². The number of ether oxygens (including phenoxy) is 2. The molecule has 0 N–H and O–H groups in total. The maximum atomic E-state index is 12.7. The lowest BCUT2D eigenvalue weighted by molar-refractivity contribution is 0.0771. The Morgan fingerprint density at radius 3 is 2.74 bits per heavy atom. The molecule has 1 atom stereocenters.